The summed E-state index contributed by atoms with van der Waals surface area (Å²) in [5.74, 6) is 8.79. The first-order valence-corrected chi connectivity index (χ1v) is 3.71. The summed E-state index contributed by atoms with van der Waals surface area (Å²) in [6.45, 7) is 1.85. The molecule has 0 aromatic carbocycles. The predicted molar refractivity (Wildman–Crippen MR) is 54.4 cm³/mol. The molecule has 0 rings (SSSR count). The van der Waals surface area contributed by atoms with Crippen LogP contribution < -0.4 is 0 Å². The maximum atomic E-state index is 10.4. The van der Waals surface area contributed by atoms with Crippen molar-refractivity contribution in [2.24, 2.45) is 0 Å². The lowest BCUT2D eigenvalue weighted by atomic mass is 10.4. The van der Waals surface area contributed by atoms with E-state index in [9.17, 15) is 4.79 Å². The minimum atomic E-state index is 0.181. The van der Waals surface area contributed by atoms with Gasteiger partial charge < -0.3 is 4.90 Å². The highest BCUT2D eigenvalue weighted by Gasteiger charge is 1.95. The second-order valence-electron chi connectivity index (χ2n) is 2.18. The molecule has 0 fully saturated rings. The van der Waals surface area contributed by atoms with Gasteiger partial charge >= 0.3 is 0 Å². The van der Waals surface area contributed by atoms with Gasteiger partial charge in [0, 0.05) is 20.5 Å². The molecular formula is C11H13NO. The molecule has 0 bridgehead atoms. The largest absolute Gasteiger partial charge is 0.349 e. The zero-order chi connectivity index (χ0) is 10.7. The SMILES string of the molecule is C#CC#CC#C.CCC(=O)N(C)C. The Kier molecular flexibility index (Phi) is 10.7. The Morgan fingerprint density at radius 1 is 1.23 bits per heavy atom. The van der Waals surface area contributed by atoms with Crippen LogP contribution in [0.1, 0.15) is 13.3 Å². The van der Waals surface area contributed by atoms with Crippen molar-refractivity contribution in [3.8, 4) is 36.5 Å². The number of hydrogen-bond donors (Lipinski definition) is 0. The molecule has 0 N–H and O–H groups in total. The summed E-state index contributed by atoms with van der Waals surface area (Å²) in [6, 6.07) is 0. The van der Waals surface area contributed by atoms with E-state index in [0.717, 1.165) is 0 Å². The third-order valence-electron chi connectivity index (χ3n) is 1.01. The fraction of sp³-hybridized carbons (Fsp3) is 0.364. The minimum absolute atomic E-state index is 0.181. The van der Waals surface area contributed by atoms with Gasteiger partial charge in [0.05, 0.1) is 0 Å². The minimum Gasteiger partial charge on any atom is -0.349 e. The zero-order valence-corrected chi connectivity index (χ0v) is 8.22. The molecule has 0 atom stereocenters. The Morgan fingerprint density at radius 2 is 1.62 bits per heavy atom. The average molecular weight is 175 g/mol. The summed E-state index contributed by atoms with van der Waals surface area (Å²) in [6.07, 6.45) is 9.99. The molecule has 0 saturated heterocycles. The van der Waals surface area contributed by atoms with Gasteiger partial charge in [-0.2, -0.15) is 0 Å². The van der Waals surface area contributed by atoms with Crippen LogP contribution in [0.2, 0.25) is 0 Å². The predicted octanol–water partition coefficient (Wildman–Crippen LogP) is 0.741. The van der Waals surface area contributed by atoms with E-state index in [1.165, 1.54) is 0 Å². The first kappa shape index (κ1) is 13.7. The molecule has 1 amide bonds. The monoisotopic (exact) mass is 175 g/mol. The van der Waals surface area contributed by atoms with E-state index >= 15 is 0 Å². The number of carbonyl (C=O) groups excluding carboxylic acids is 1. The van der Waals surface area contributed by atoms with Crippen molar-refractivity contribution in [1.29, 1.82) is 0 Å². The van der Waals surface area contributed by atoms with Gasteiger partial charge in [-0.25, -0.2) is 0 Å². The standard InChI is InChI=1S/C6H2.C5H11NO/c1-3-5-6-4-2;1-4-5(7)6(2)3/h1-2H;4H2,1-3H3. The van der Waals surface area contributed by atoms with Gasteiger partial charge in [0.1, 0.15) is 0 Å². The molecule has 0 spiro atoms. The van der Waals surface area contributed by atoms with Crippen LogP contribution in [0, 0.1) is 36.5 Å². The van der Waals surface area contributed by atoms with Crippen LogP contribution in [0.25, 0.3) is 0 Å². The molecule has 0 aromatic heterocycles. The summed E-state index contributed by atoms with van der Waals surface area (Å²) in [7, 11) is 3.51. The van der Waals surface area contributed by atoms with Crippen LogP contribution in [0.3, 0.4) is 0 Å². The Morgan fingerprint density at radius 3 is 1.69 bits per heavy atom. The van der Waals surface area contributed by atoms with E-state index in [1.807, 2.05) is 6.92 Å². The first-order valence-electron chi connectivity index (χ1n) is 3.71. The van der Waals surface area contributed by atoms with Gasteiger partial charge in [-0.1, -0.05) is 6.92 Å². The van der Waals surface area contributed by atoms with Crippen LogP contribution in [0.15, 0.2) is 0 Å². The van der Waals surface area contributed by atoms with E-state index in [4.69, 9.17) is 12.8 Å². The molecule has 0 unspecified atom stereocenters. The fourth-order valence-electron chi connectivity index (χ4n) is 0.388. The van der Waals surface area contributed by atoms with Crippen LogP contribution >= 0.6 is 0 Å². The van der Waals surface area contributed by atoms with E-state index in [0.29, 0.717) is 6.42 Å². The third-order valence-corrected chi connectivity index (χ3v) is 1.01. The maximum absolute atomic E-state index is 10.4. The third kappa shape index (κ3) is 13.2. The highest BCUT2D eigenvalue weighted by atomic mass is 16.2. The van der Waals surface area contributed by atoms with E-state index in [1.54, 1.807) is 19.0 Å². The van der Waals surface area contributed by atoms with Gasteiger partial charge in [-0.05, 0) is 23.7 Å². The van der Waals surface area contributed by atoms with Gasteiger partial charge in [-0.15, -0.1) is 12.8 Å². The molecule has 0 radical (unpaired) electrons. The summed E-state index contributed by atoms with van der Waals surface area (Å²) < 4.78 is 0. The lowest BCUT2D eigenvalue weighted by Crippen LogP contribution is -2.19. The number of hydrogen-bond acceptors (Lipinski definition) is 1. The lowest BCUT2D eigenvalue weighted by molar-refractivity contribution is -0.128. The molecule has 0 aliphatic heterocycles. The Bertz CT molecular complexity index is 260. The first-order chi connectivity index (χ1) is 6.09. The highest BCUT2D eigenvalue weighted by molar-refractivity contribution is 5.75. The zero-order valence-electron chi connectivity index (χ0n) is 8.22. The molecule has 0 heterocycles. The quantitative estimate of drug-likeness (QED) is 0.538. The molecular weight excluding hydrogens is 162 g/mol. The van der Waals surface area contributed by atoms with Gasteiger partial charge in [0.2, 0.25) is 5.91 Å². The Balaban J connectivity index is 0. The molecule has 0 aliphatic rings. The molecule has 13 heavy (non-hydrogen) atoms. The van der Waals surface area contributed by atoms with Crippen molar-refractivity contribution in [2.75, 3.05) is 14.1 Å². The molecule has 2 heteroatoms. The molecule has 2 nitrogen and oxygen atoms in total. The summed E-state index contributed by atoms with van der Waals surface area (Å²) >= 11 is 0. The summed E-state index contributed by atoms with van der Waals surface area (Å²) in [4.78, 5) is 12.0. The number of terminal acetylenes is 2. The van der Waals surface area contributed by atoms with Crippen LogP contribution in [-0.4, -0.2) is 24.9 Å². The van der Waals surface area contributed by atoms with Crippen molar-refractivity contribution in [3.63, 3.8) is 0 Å². The summed E-state index contributed by atoms with van der Waals surface area (Å²) in [5.41, 5.74) is 0. The second-order valence-corrected chi connectivity index (χ2v) is 2.18. The maximum Gasteiger partial charge on any atom is 0.221 e. The lowest BCUT2D eigenvalue weighted by Gasteiger charge is -2.05. The van der Waals surface area contributed by atoms with E-state index in [2.05, 4.69) is 23.7 Å². The van der Waals surface area contributed by atoms with Gasteiger partial charge in [-0.3, -0.25) is 4.79 Å². The number of amides is 1. The van der Waals surface area contributed by atoms with Crippen LogP contribution in [-0.2, 0) is 4.79 Å². The Labute approximate surface area is 80.3 Å². The summed E-state index contributed by atoms with van der Waals surface area (Å²) in [5, 5.41) is 0. The smallest absolute Gasteiger partial charge is 0.221 e. The number of rotatable bonds is 1. The second kappa shape index (κ2) is 10.2. The van der Waals surface area contributed by atoms with Crippen molar-refractivity contribution >= 4 is 5.91 Å². The van der Waals surface area contributed by atoms with Crippen molar-refractivity contribution in [3.05, 3.63) is 0 Å². The number of carbonyl (C=O) groups is 1. The van der Waals surface area contributed by atoms with Crippen molar-refractivity contribution in [2.45, 2.75) is 13.3 Å². The van der Waals surface area contributed by atoms with E-state index < -0.39 is 0 Å². The topological polar surface area (TPSA) is 20.3 Å². The number of nitrogens with zero attached hydrogens (tertiary/aromatic N) is 1. The average Bonchev–Trinajstić information content (AvgIpc) is 2.14. The molecule has 0 aliphatic carbocycles. The van der Waals surface area contributed by atoms with Crippen molar-refractivity contribution in [1.82, 2.24) is 4.90 Å². The fourth-order valence-corrected chi connectivity index (χ4v) is 0.388. The Hall–Kier alpha value is -1.85. The molecule has 0 aromatic rings. The molecule has 0 saturated carbocycles. The highest BCUT2D eigenvalue weighted by Crippen LogP contribution is 1.81. The molecule has 68 valence electrons. The van der Waals surface area contributed by atoms with E-state index in [-0.39, 0.29) is 5.91 Å². The van der Waals surface area contributed by atoms with Gasteiger partial charge in [0.25, 0.3) is 0 Å². The van der Waals surface area contributed by atoms with Crippen LogP contribution in [0.5, 0.6) is 0 Å². The van der Waals surface area contributed by atoms with Gasteiger partial charge in [0.15, 0.2) is 0 Å². The normalized spacial score (nSPS) is 5.92. The van der Waals surface area contributed by atoms with Crippen LogP contribution in [0.4, 0.5) is 0 Å². The van der Waals surface area contributed by atoms with Crippen molar-refractivity contribution < 1.29 is 4.79 Å².